The van der Waals surface area contributed by atoms with E-state index in [1.54, 1.807) is 18.2 Å². The number of nitrogens with zero attached hydrogens (tertiary/aromatic N) is 1. The number of ether oxygens (including phenoxy) is 1. The van der Waals surface area contributed by atoms with Gasteiger partial charge in [-0.05, 0) is 31.6 Å². The number of thioether (sulfide) groups is 1. The molecule has 148 valence electrons. The zero-order valence-corrected chi connectivity index (χ0v) is 17.8. The van der Waals surface area contributed by atoms with Crippen molar-refractivity contribution in [3.05, 3.63) is 29.8 Å². The fourth-order valence-electron chi connectivity index (χ4n) is 2.46. The van der Waals surface area contributed by atoms with Gasteiger partial charge in [0.05, 0.1) is 6.54 Å². The second-order valence-corrected chi connectivity index (χ2v) is 7.13. The van der Waals surface area contributed by atoms with E-state index in [4.69, 9.17) is 4.74 Å². The highest BCUT2D eigenvalue weighted by Crippen LogP contribution is 2.25. The molecule has 1 aliphatic rings. The molecule has 2 rings (SSSR count). The zero-order valence-electron chi connectivity index (χ0n) is 14.6. The van der Waals surface area contributed by atoms with Crippen LogP contribution >= 0.6 is 35.7 Å². The van der Waals surface area contributed by atoms with Gasteiger partial charge in [0, 0.05) is 23.9 Å². The molecule has 0 bridgehead atoms. The van der Waals surface area contributed by atoms with Crippen LogP contribution in [0.3, 0.4) is 0 Å². The van der Waals surface area contributed by atoms with Crippen molar-refractivity contribution in [3.8, 4) is 5.75 Å². The minimum atomic E-state index is -4.36. The lowest BCUT2D eigenvalue weighted by atomic mass is 10.2. The number of hydrogen-bond acceptors (Lipinski definition) is 3. The first kappa shape index (κ1) is 23.2. The molecular formula is C17H25F3IN3OS. The van der Waals surface area contributed by atoms with E-state index in [0.717, 1.165) is 13.1 Å². The largest absolute Gasteiger partial charge is 0.484 e. The average Bonchev–Trinajstić information content (AvgIpc) is 3.09. The summed E-state index contributed by atoms with van der Waals surface area (Å²) in [6, 6.07) is 6.68. The lowest BCUT2D eigenvalue weighted by molar-refractivity contribution is -0.153. The SMILES string of the molecule is CCNC(=NCc1ccccc1OCC(F)(F)F)NCC1CCCS1.I. The number of halogens is 4. The van der Waals surface area contributed by atoms with E-state index in [1.807, 2.05) is 18.7 Å². The van der Waals surface area contributed by atoms with Gasteiger partial charge in [-0.2, -0.15) is 24.9 Å². The molecule has 0 spiro atoms. The van der Waals surface area contributed by atoms with Crippen molar-refractivity contribution in [1.29, 1.82) is 0 Å². The van der Waals surface area contributed by atoms with Gasteiger partial charge in [0.1, 0.15) is 5.75 Å². The average molecular weight is 503 g/mol. The first-order valence-electron chi connectivity index (χ1n) is 8.39. The van der Waals surface area contributed by atoms with Crippen LogP contribution in [0.15, 0.2) is 29.3 Å². The molecule has 4 nitrogen and oxygen atoms in total. The Bertz CT molecular complexity index is 566. The number of para-hydroxylation sites is 1. The van der Waals surface area contributed by atoms with Crippen molar-refractivity contribution in [2.24, 2.45) is 4.99 Å². The highest BCUT2D eigenvalue weighted by atomic mass is 127. The van der Waals surface area contributed by atoms with Gasteiger partial charge in [-0.3, -0.25) is 0 Å². The van der Waals surface area contributed by atoms with Crippen LogP contribution in [0.2, 0.25) is 0 Å². The summed E-state index contributed by atoms with van der Waals surface area (Å²) in [5.74, 6) is 2.08. The molecule has 1 aliphatic heterocycles. The summed E-state index contributed by atoms with van der Waals surface area (Å²) < 4.78 is 42.0. The third-order valence-corrected chi connectivity index (χ3v) is 5.04. The van der Waals surface area contributed by atoms with Crippen LogP contribution in [0.4, 0.5) is 13.2 Å². The van der Waals surface area contributed by atoms with Crippen molar-refractivity contribution < 1.29 is 17.9 Å². The molecule has 26 heavy (non-hydrogen) atoms. The zero-order chi connectivity index (χ0) is 18.1. The van der Waals surface area contributed by atoms with Crippen LogP contribution < -0.4 is 15.4 Å². The van der Waals surface area contributed by atoms with E-state index >= 15 is 0 Å². The first-order chi connectivity index (χ1) is 12.0. The first-order valence-corrected chi connectivity index (χ1v) is 9.44. The second-order valence-electron chi connectivity index (χ2n) is 5.72. The smallest absolute Gasteiger partial charge is 0.422 e. The predicted octanol–water partition coefficient (Wildman–Crippen LogP) is 4.20. The molecule has 9 heteroatoms. The molecule has 1 saturated heterocycles. The number of rotatable bonds is 7. The van der Waals surface area contributed by atoms with E-state index in [9.17, 15) is 13.2 Å². The van der Waals surface area contributed by atoms with Crippen molar-refractivity contribution >= 4 is 41.7 Å². The van der Waals surface area contributed by atoms with E-state index in [-0.39, 0.29) is 36.3 Å². The quantitative estimate of drug-likeness (QED) is 0.333. The van der Waals surface area contributed by atoms with E-state index in [0.29, 0.717) is 16.8 Å². The Morgan fingerprint density at radius 1 is 1.31 bits per heavy atom. The summed E-state index contributed by atoms with van der Waals surface area (Å²) >= 11 is 1.96. The summed E-state index contributed by atoms with van der Waals surface area (Å²) in [4.78, 5) is 4.47. The Hall–Kier alpha value is -0.840. The highest BCUT2D eigenvalue weighted by molar-refractivity contribution is 14.0. The van der Waals surface area contributed by atoms with Crippen molar-refractivity contribution in [2.75, 3.05) is 25.4 Å². The number of guanidine groups is 1. The van der Waals surface area contributed by atoms with Gasteiger partial charge in [0.15, 0.2) is 12.6 Å². The number of nitrogens with one attached hydrogen (secondary N) is 2. The molecular weight excluding hydrogens is 478 g/mol. The van der Waals surface area contributed by atoms with Crippen molar-refractivity contribution in [1.82, 2.24) is 10.6 Å². The van der Waals surface area contributed by atoms with E-state index < -0.39 is 12.8 Å². The Labute approximate surface area is 173 Å². The Kier molecular flexibility index (Phi) is 10.5. The molecule has 0 aromatic heterocycles. The molecule has 1 atom stereocenters. The second kappa shape index (κ2) is 11.8. The fraction of sp³-hybridized carbons (Fsp3) is 0.588. The normalized spacial score (nSPS) is 17.5. The molecule has 1 aromatic rings. The third kappa shape index (κ3) is 8.70. The minimum absolute atomic E-state index is 0. The standard InChI is InChI=1S/C17H24F3N3OS.HI/c1-2-21-16(23-11-14-7-5-9-25-14)22-10-13-6-3-4-8-15(13)24-12-17(18,19)20;/h3-4,6,8,14H,2,5,7,9-12H2,1H3,(H2,21,22,23);1H. The molecule has 2 N–H and O–H groups in total. The van der Waals surface area contributed by atoms with Gasteiger partial charge in [0.2, 0.25) is 0 Å². The van der Waals surface area contributed by atoms with Crippen LogP contribution in [-0.2, 0) is 6.54 Å². The molecule has 1 fully saturated rings. The maximum absolute atomic E-state index is 12.4. The van der Waals surface area contributed by atoms with Gasteiger partial charge < -0.3 is 15.4 Å². The molecule has 1 heterocycles. The topological polar surface area (TPSA) is 45.7 Å². The van der Waals surface area contributed by atoms with Gasteiger partial charge >= 0.3 is 6.18 Å². The molecule has 1 unspecified atom stereocenters. The molecule has 0 radical (unpaired) electrons. The lowest BCUT2D eigenvalue weighted by Gasteiger charge is -2.15. The van der Waals surface area contributed by atoms with Gasteiger partial charge in [-0.1, -0.05) is 18.2 Å². The Balaban J connectivity index is 0.00000338. The summed E-state index contributed by atoms with van der Waals surface area (Å²) in [5.41, 5.74) is 0.624. The predicted molar refractivity (Wildman–Crippen MR) is 112 cm³/mol. The van der Waals surface area contributed by atoms with Crippen molar-refractivity contribution in [2.45, 2.75) is 37.7 Å². The minimum Gasteiger partial charge on any atom is -0.484 e. The number of aliphatic imine (C=N–C) groups is 1. The van der Waals surface area contributed by atoms with Gasteiger partial charge in [-0.25, -0.2) is 4.99 Å². The highest BCUT2D eigenvalue weighted by Gasteiger charge is 2.28. The maximum Gasteiger partial charge on any atom is 0.422 e. The maximum atomic E-state index is 12.4. The molecule has 0 amide bonds. The number of hydrogen-bond donors (Lipinski definition) is 2. The lowest BCUT2D eigenvalue weighted by Crippen LogP contribution is -2.40. The number of benzene rings is 1. The Morgan fingerprint density at radius 3 is 2.73 bits per heavy atom. The Morgan fingerprint density at radius 2 is 2.08 bits per heavy atom. The molecule has 0 saturated carbocycles. The fourth-order valence-corrected chi connectivity index (χ4v) is 3.66. The van der Waals surface area contributed by atoms with Gasteiger partial charge in [0.25, 0.3) is 0 Å². The number of alkyl halides is 3. The monoisotopic (exact) mass is 503 g/mol. The summed E-state index contributed by atoms with van der Waals surface area (Å²) in [6.45, 7) is 2.48. The molecule has 0 aliphatic carbocycles. The summed E-state index contributed by atoms with van der Waals surface area (Å²) in [7, 11) is 0. The van der Waals surface area contributed by atoms with Crippen LogP contribution in [0.5, 0.6) is 5.75 Å². The van der Waals surface area contributed by atoms with Crippen molar-refractivity contribution in [3.63, 3.8) is 0 Å². The summed E-state index contributed by atoms with van der Waals surface area (Å²) in [6.07, 6.45) is -1.91. The molecule has 1 aromatic carbocycles. The van der Waals surface area contributed by atoms with Gasteiger partial charge in [-0.15, -0.1) is 24.0 Å². The van der Waals surface area contributed by atoms with Crippen LogP contribution in [0.25, 0.3) is 0 Å². The van der Waals surface area contributed by atoms with E-state index in [1.165, 1.54) is 24.7 Å². The summed E-state index contributed by atoms with van der Waals surface area (Å²) in [5, 5.41) is 7.06. The van der Waals surface area contributed by atoms with Crippen LogP contribution in [-0.4, -0.2) is 42.8 Å². The third-order valence-electron chi connectivity index (χ3n) is 3.64. The van der Waals surface area contributed by atoms with E-state index in [2.05, 4.69) is 15.6 Å². The van der Waals surface area contributed by atoms with Crippen LogP contribution in [0.1, 0.15) is 25.3 Å². The van der Waals surface area contributed by atoms with Crippen LogP contribution in [0, 0.1) is 0 Å².